The third kappa shape index (κ3) is 4.49. The molecule has 0 radical (unpaired) electrons. The van der Waals surface area contributed by atoms with Gasteiger partial charge in [-0.1, -0.05) is 27.7 Å². The van der Waals surface area contributed by atoms with Gasteiger partial charge in [0.25, 0.3) is 5.91 Å². The number of aryl methyl sites for hydroxylation is 1. The number of carbonyl (C=O) groups excluding carboxylic acids is 1. The average molecular weight is 424 g/mol. The highest BCUT2D eigenvalue weighted by Crippen LogP contribution is 2.31. The first-order chi connectivity index (χ1) is 14.8. The molecule has 0 aliphatic heterocycles. The van der Waals surface area contributed by atoms with E-state index >= 15 is 0 Å². The number of hydrogen-bond donors (Lipinski definition) is 3. The highest BCUT2D eigenvalue weighted by molar-refractivity contribution is 5.96. The van der Waals surface area contributed by atoms with Gasteiger partial charge in [-0.3, -0.25) is 9.89 Å². The van der Waals surface area contributed by atoms with Crippen molar-refractivity contribution in [1.29, 1.82) is 0 Å². The van der Waals surface area contributed by atoms with Crippen LogP contribution in [0.2, 0.25) is 0 Å². The molecule has 3 aromatic rings. The summed E-state index contributed by atoms with van der Waals surface area (Å²) in [4.78, 5) is 17.4. The molecule has 3 N–H and O–H groups in total. The molecule has 3 aromatic heterocycles. The second-order valence-corrected chi connectivity index (χ2v) is 9.30. The zero-order valence-corrected chi connectivity index (χ0v) is 19.1. The fourth-order valence-corrected chi connectivity index (χ4v) is 4.67. The molecular weight excluding hydrogens is 390 g/mol. The van der Waals surface area contributed by atoms with Crippen molar-refractivity contribution < 1.29 is 4.79 Å². The topological polar surface area (TPSA) is 100 Å². The maximum absolute atomic E-state index is 13.1. The SMILES string of the molecule is Cc1cc(-c2[nH]nc(C(=O)NC3CCC(NC(C)C)CC3)c2C(C)C)cn2ncnc12. The van der Waals surface area contributed by atoms with E-state index in [9.17, 15) is 4.79 Å². The highest BCUT2D eigenvalue weighted by Gasteiger charge is 2.27. The Balaban J connectivity index is 1.54. The van der Waals surface area contributed by atoms with Crippen molar-refractivity contribution >= 4 is 11.6 Å². The molecule has 0 atom stereocenters. The maximum atomic E-state index is 13.1. The van der Waals surface area contributed by atoms with E-state index in [-0.39, 0.29) is 17.9 Å². The summed E-state index contributed by atoms with van der Waals surface area (Å²) in [6.45, 7) is 10.6. The molecule has 1 fully saturated rings. The van der Waals surface area contributed by atoms with Gasteiger partial charge >= 0.3 is 0 Å². The van der Waals surface area contributed by atoms with E-state index in [1.807, 2.05) is 13.1 Å². The number of rotatable bonds is 6. The van der Waals surface area contributed by atoms with Crippen LogP contribution in [-0.4, -0.2) is 48.8 Å². The van der Waals surface area contributed by atoms with Gasteiger partial charge in [0.2, 0.25) is 0 Å². The standard InChI is InChI=1S/C23H33N7O/c1-13(2)19-20(16-10-15(5)22-24-12-25-30(22)11-16)28-29-21(19)23(31)27-18-8-6-17(7-9-18)26-14(3)4/h10-14,17-18,26H,6-9H2,1-5H3,(H,27,31)(H,28,29). The van der Waals surface area contributed by atoms with Gasteiger partial charge in [-0.25, -0.2) is 9.50 Å². The van der Waals surface area contributed by atoms with Crippen LogP contribution in [-0.2, 0) is 0 Å². The van der Waals surface area contributed by atoms with Crippen LogP contribution in [0.5, 0.6) is 0 Å². The molecule has 1 aliphatic rings. The lowest BCUT2D eigenvalue weighted by Crippen LogP contribution is -2.44. The third-order valence-electron chi connectivity index (χ3n) is 6.08. The van der Waals surface area contributed by atoms with Gasteiger partial charge in [0.05, 0.1) is 5.69 Å². The van der Waals surface area contributed by atoms with Gasteiger partial charge in [0.15, 0.2) is 11.3 Å². The molecule has 0 aromatic carbocycles. The van der Waals surface area contributed by atoms with Crippen LogP contribution in [0, 0.1) is 6.92 Å². The summed E-state index contributed by atoms with van der Waals surface area (Å²) in [6, 6.07) is 3.30. The number of fused-ring (bicyclic) bond motifs is 1. The number of pyridine rings is 1. The molecule has 0 saturated heterocycles. The van der Waals surface area contributed by atoms with Gasteiger partial charge in [0.1, 0.15) is 6.33 Å². The summed E-state index contributed by atoms with van der Waals surface area (Å²) in [5.41, 5.74) is 5.10. The van der Waals surface area contributed by atoms with Gasteiger partial charge in [-0.15, -0.1) is 0 Å². The van der Waals surface area contributed by atoms with Crippen molar-refractivity contribution in [3.63, 3.8) is 0 Å². The number of nitrogens with one attached hydrogen (secondary N) is 3. The van der Waals surface area contributed by atoms with Crippen molar-refractivity contribution in [1.82, 2.24) is 35.4 Å². The lowest BCUT2D eigenvalue weighted by atomic mass is 9.90. The number of hydrogen-bond acceptors (Lipinski definition) is 5. The largest absolute Gasteiger partial charge is 0.348 e. The summed E-state index contributed by atoms with van der Waals surface area (Å²) in [7, 11) is 0. The van der Waals surface area contributed by atoms with E-state index < -0.39 is 0 Å². The Morgan fingerprint density at radius 2 is 1.87 bits per heavy atom. The van der Waals surface area contributed by atoms with Crippen LogP contribution >= 0.6 is 0 Å². The Bertz CT molecular complexity index is 1060. The van der Waals surface area contributed by atoms with Gasteiger partial charge in [-0.2, -0.15) is 10.2 Å². The number of nitrogens with zero attached hydrogens (tertiary/aromatic N) is 4. The van der Waals surface area contributed by atoms with Crippen molar-refractivity contribution in [3.05, 3.63) is 35.4 Å². The van der Waals surface area contributed by atoms with Crippen LogP contribution in [0.25, 0.3) is 16.9 Å². The molecule has 0 unspecified atom stereocenters. The fraction of sp³-hybridized carbons (Fsp3) is 0.565. The number of H-pyrrole nitrogens is 1. The zero-order valence-electron chi connectivity index (χ0n) is 19.1. The molecule has 1 aliphatic carbocycles. The summed E-state index contributed by atoms with van der Waals surface area (Å²) in [5, 5.41) is 18.7. The second-order valence-electron chi connectivity index (χ2n) is 9.30. The summed E-state index contributed by atoms with van der Waals surface area (Å²) >= 11 is 0. The molecule has 8 heteroatoms. The normalized spacial score (nSPS) is 19.5. The smallest absolute Gasteiger partial charge is 0.272 e. The monoisotopic (exact) mass is 423 g/mol. The minimum atomic E-state index is -0.0926. The highest BCUT2D eigenvalue weighted by atomic mass is 16.2. The van der Waals surface area contributed by atoms with Crippen LogP contribution in [0.15, 0.2) is 18.6 Å². The quantitative estimate of drug-likeness (QED) is 0.563. The molecule has 4 rings (SSSR count). The number of aromatic amines is 1. The molecule has 31 heavy (non-hydrogen) atoms. The first-order valence-electron chi connectivity index (χ1n) is 11.3. The van der Waals surface area contributed by atoms with Crippen molar-refractivity contribution in [3.8, 4) is 11.3 Å². The molecule has 1 saturated carbocycles. The van der Waals surface area contributed by atoms with E-state index in [2.05, 4.69) is 64.7 Å². The van der Waals surface area contributed by atoms with Crippen molar-refractivity contribution in [2.75, 3.05) is 0 Å². The van der Waals surface area contributed by atoms with Crippen LogP contribution < -0.4 is 10.6 Å². The Morgan fingerprint density at radius 1 is 1.16 bits per heavy atom. The number of carbonyl (C=O) groups is 1. The van der Waals surface area contributed by atoms with Gasteiger partial charge in [-0.05, 0) is 50.2 Å². The van der Waals surface area contributed by atoms with E-state index in [4.69, 9.17) is 0 Å². The zero-order chi connectivity index (χ0) is 22.1. The Hall–Kier alpha value is -2.74. The number of aromatic nitrogens is 5. The predicted octanol–water partition coefficient (Wildman–Crippen LogP) is 3.59. The maximum Gasteiger partial charge on any atom is 0.272 e. The van der Waals surface area contributed by atoms with Gasteiger partial charge < -0.3 is 10.6 Å². The first kappa shape index (κ1) is 21.5. The minimum Gasteiger partial charge on any atom is -0.348 e. The van der Waals surface area contributed by atoms with E-state index in [1.54, 1.807) is 10.8 Å². The lowest BCUT2D eigenvalue weighted by Gasteiger charge is -2.30. The summed E-state index contributed by atoms with van der Waals surface area (Å²) in [5.74, 6) is 0.0530. The van der Waals surface area contributed by atoms with Crippen LogP contribution in [0.3, 0.4) is 0 Å². The Kier molecular flexibility index (Phi) is 6.09. The lowest BCUT2D eigenvalue weighted by molar-refractivity contribution is 0.0917. The molecule has 1 amide bonds. The molecule has 0 spiro atoms. The molecule has 3 heterocycles. The summed E-state index contributed by atoms with van der Waals surface area (Å²) < 4.78 is 1.76. The molecular formula is C23H33N7O. The summed E-state index contributed by atoms with van der Waals surface area (Å²) in [6.07, 6.45) is 7.64. The van der Waals surface area contributed by atoms with Crippen LogP contribution in [0.4, 0.5) is 0 Å². The van der Waals surface area contributed by atoms with Crippen LogP contribution in [0.1, 0.15) is 80.9 Å². The van der Waals surface area contributed by atoms with Crippen molar-refractivity contribution in [2.24, 2.45) is 0 Å². The fourth-order valence-electron chi connectivity index (χ4n) is 4.67. The second kappa shape index (κ2) is 8.78. The molecule has 0 bridgehead atoms. The average Bonchev–Trinajstić information content (AvgIpc) is 3.36. The number of amides is 1. The first-order valence-corrected chi connectivity index (χ1v) is 11.3. The predicted molar refractivity (Wildman–Crippen MR) is 121 cm³/mol. The van der Waals surface area contributed by atoms with Crippen molar-refractivity contribution in [2.45, 2.75) is 84.3 Å². The third-order valence-corrected chi connectivity index (χ3v) is 6.08. The molecule has 8 nitrogen and oxygen atoms in total. The molecule has 166 valence electrons. The van der Waals surface area contributed by atoms with Gasteiger partial charge in [0, 0.05) is 35.4 Å². The van der Waals surface area contributed by atoms with E-state index in [1.165, 1.54) is 0 Å². The Labute approximate surface area is 183 Å². The van der Waals surface area contributed by atoms with E-state index in [0.717, 1.165) is 53.7 Å². The Morgan fingerprint density at radius 3 is 2.55 bits per heavy atom. The van der Waals surface area contributed by atoms with E-state index in [0.29, 0.717) is 17.8 Å². The minimum absolute atomic E-state index is 0.0926.